The summed E-state index contributed by atoms with van der Waals surface area (Å²) in [7, 11) is 0. The van der Waals surface area contributed by atoms with Crippen molar-refractivity contribution in [1.29, 1.82) is 0 Å². The summed E-state index contributed by atoms with van der Waals surface area (Å²) in [5.74, 6) is -0.830. The van der Waals surface area contributed by atoms with E-state index in [9.17, 15) is 9.59 Å². The van der Waals surface area contributed by atoms with Crippen LogP contribution in [0.25, 0.3) is 16.6 Å². The van der Waals surface area contributed by atoms with E-state index >= 15 is 0 Å². The summed E-state index contributed by atoms with van der Waals surface area (Å²) in [5, 5.41) is 19.4. The molecule has 3 aromatic rings. The van der Waals surface area contributed by atoms with Gasteiger partial charge in [-0.2, -0.15) is 0 Å². The summed E-state index contributed by atoms with van der Waals surface area (Å²) in [4.78, 5) is 25.3. The summed E-state index contributed by atoms with van der Waals surface area (Å²) >= 11 is 1.37. The van der Waals surface area contributed by atoms with Crippen molar-refractivity contribution in [3.8, 4) is 0 Å². The number of nitrogens with zero attached hydrogens (tertiary/aromatic N) is 4. The highest BCUT2D eigenvalue weighted by molar-refractivity contribution is 7.99. The predicted molar refractivity (Wildman–Crippen MR) is 103 cm³/mol. The number of aliphatic carboxylic acids is 1. The summed E-state index contributed by atoms with van der Waals surface area (Å²) in [6.07, 6.45) is 1.03. The number of aromatic nitrogens is 3. The van der Waals surface area contributed by atoms with Crippen molar-refractivity contribution in [2.75, 3.05) is 18.8 Å². The van der Waals surface area contributed by atoms with Gasteiger partial charge in [0.2, 0.25) is 5.91 Å². The summed E-state index contributed by atoms with van der Waals surface area (Å²) in [6, 6.07) is 10.1. The average molecular weight is 384 g/mol. The predicted octanol–water partition coefficient (Wildman–Crippen LogP) is 2.61. The molecule has 8 heteroatoms. The number of hydrogen-bond acceptors (Lipinski definition) is 5. The topological polar surface area (TPSA) is 87.8 Å². The van der Waals surface area contributed by atoms with Crippen LogP contribution in [0.4, 0.5) is 0 Å². The van der Waals surface area contributed by atoms with E-state index in [-0.39, 0.29) is 17.6 Å². The van der Waals surface area contributed by atoms with Gasteiger partial charge in [0.05, 0.1) is 17.2 Å². The fraction of sp³-hybridized carbons (Fsp3) is 0.368. The highest BCUT2D eigenvalue weighted by Gasteiger charge is 2.27. The van der Waals surface area contributed by atoms with Crippen LogP contribution in [0.5, 0.6) is 0 Å². The number of fused-ring (bicyclic) bond motifs is 3. The van der Waals surface area contributed by atoms with Crippen molar-refractivity contribution < 1.29 is 14.7 Å². The number of carbonyl (C=O) groups excluding carboxylic acids is 1. The fourth-order valence-corrected chi connectivity index (χ4v) is 4.42. The minimum absolute atomic E-state index is 0.0111. The Morgan fingerprint density at radius 2 is 1.96 bits per heavy atom. The number of rotatable bonds is 4. The van der Waals surface area contributed by atoms with Crippen LogP contribution in [0, 0.1) is 12.8 Å². The number of aryl methyl sites for hydroxylation is 1. The summed E-state index contributed by atoms with van der Waals surface area (Å²) < 4.78 is 1.98. The standard InChI is InChI=1S/C19H20N4O3S/c1-12-10-16-20-21-19(23(16)15-5-3-2-4-14(12)15)27-11-17(24)22-8-6-13(7-9-22)18(25)26/h2-5,10,13H,6-9,11H2,1H3,(H,25,26). The number of carboxylic acid groups (broad SMARTS) is 1. The number of para-hydroxylation sites is 1. The van der Waals surface area contributed by atoms with Crippen LogP contribution in [0.3, 0.4) is 0 Å². The highest BCUT2D eigenvalue weighted by Crippen LogP contribution is 2.26. The lowest BCUT2D eigenvalue weighted by molar-refractivity contribution is -0.145. The molecule has 27 heavy (non-hydrogen) atoms. The van der Waals surface area contributed by atoms with Gasteiger partial charge in [-0.05, 0) is 37.5 Å². The number of carboxylic acids is 1. The number of likely N-dealkylation sites (tertiary alicyclic amines) is 1. The lowest BCUT2D eigenvalue weighted by atomic mass is 9.97. The Balaban J connectivity index is 1.51. The van der Waals surface area contributed by atoms with E-state index in [2.05, 4.69) is 16.3 Å². The minimum atomic E-state index is -0.770. The Labute approximate surface area is 160 Å². The van der Waals surface area contributed by atoms with Gasteiger partial charge in [-0.25, -0.2) is 0 Å². The van der Waals surface area contributed by atoms with Crippen LogP contribution >= 0.6 is 11.8 Å². The molecule has 0 atom stereocenters. The van der Waals surface area contributed by atoms with Crippen molar-refractivity contribution in [2.24, 2.45) is 5.92 Å². The zero-order valence-corrected chi connectivity index (χ0v) is 15.8. The number of amides is 1. The maximum atomic E-state index is 12.5. The molecule has 2 aromatic heterocycles. The van der Waals surface area contributed by atoms with Crippen LogP contribution in [-0.2, 0) is 9.59 Å². The normalized spacial score (nSPS) is 15.5. The molecule has 1 aliphatic rings. The lowest BCUT2D eigenvalue weighted by Gasteiger charge is -2.30. The molecule has 1 aromatic carbocycles. The van der Waals surface area contributed by atoms with Gasteiger partial charge >= 0.3 is 5.97 Å². The Kier molecular flexibility index (Phi) is 4.73. The average Bonchev–Trinajstić information content (AvgIpc) is 3.09. The monoisotopic (exact) mass is 384 g/mol. The van der Waals surface area contributed by atoms with Crippen molar-refractivity contribution >= 4 is 40.2 Å². The van der Waals surface area contributed by atoms with Gasteiger partial charge in [0.1, 0.15) is 0 Å². The van der Waals surface area contributed by atoms with E-state index in [0.29, 0.717) is 31.1 Å². The fourth-order valence-electron chi connectivity index (χ4n) is 3.56. The third-order valence-corrected chi connectivity index (χ3v) is 6.01. The zero-order chi connectivity index (χ0) is 19.0. The van der Waals surface area contributed by atoms with Crippen LogP contribution in [0.1, 0.15) is 18.4 Å². The second kappa shape index (κ2) is 7.19. The van der Waals surface area contributed by atoms with Crippen molar-refractivity contribution in [2.45, 2.75) is 24.9 Å². The molecule has 1 saturated heterocycles. The van der Waals surface area contributed by atoms with Crippen LogP contribution in [0.2, 0.25) is 0 Å². The molecule has 3 heterocycles. The molecule has 140 valence electrons. The minimum Gasteiger partial charge on any atom is -0.481 e. The number of piperidine rings is 1. The van der Waals surface area contributed by atoms with E-state index in [1.807, 2.05) is 35.6 Å². The van der Waals surface area contributed by atoms with Gasteiger partial charge in [-0.15, -0.1) is 10.2 Å². The first-order chi connectivity index (χ1) is 13.0. The van der Waals surface area contributed by atoms with Gasteiger partial charge in [0, 0.05) is 18.5 Å². The van der Waals surface area contributed by atoms with Crippen molar-refractivity contribution in [3.63, 3.8) is 0 Å². The molecule has 1 aliphatic heterocycles. The molecule has 1 N–H and O–H groups in total. The first-order valence-corrected chi connectivity index (χ1v) is 9.90. The van der Waals surface area contributed by atoms with Crippen LogP contribution in [0.15, 0.2) is 35.5 Å². The molecule has 1 amide bonds. The third kappa shape index (κ3) is 3.37. The van der Waals surface area contributed by atoms with Crippen LogP contribution in [-0.4, -0.2) is 55.3 Å². The van der Waals surface area contributed by atoms with E-state index in [4.69, 9.17) is 5.11 Å². The zero-order valence-electron chi connectivity index (χ0n) is 15.0. The Bertz CT molecular complexity index is 1020. The molecule has 0 unspecified atom stereocenters. The molecule has 0 radical (unpaired) electrons. The second-order valence-corrected chi connectivity index (χ2v) is 7.75. The second-order valence-electron chi connectivity index (χ2n) is 6.80. The number of benzene rings is 1. The molecule has 4 rings (SSSR count). The SMILES string of the molecule is Cc1cc2nnc(SCC(=O)N3CCC(C(=O)O)CC3)n2c2ccccc12. The maximum absolute atomic E-state index is 12.5. The molecular weight excluding hydrogens is 364 g/mol. The number of carbonyl (C=O) groups is 2. The molecular formula is C19H20N4O3S. The van der Waals surface area contributed by atoms with E-state index in [0.717, 1.165) is 22.1 Å². The first-order valence-electron chi connectivity index (χ1n) is 8.91. The Morgan fingerprint density at radius 1 is 1.22 bits per heavy atom. The van der Waals surface area contributed by atoms with Crippen molar-refractivity contribution in [1.82, 2.24) is 19.5 Å². The largest absolute Gasteiger partial charge is 0.481 e. The first kappa shape index (κ1) is 17.8. The van der Waals surface area contributed by atoms with Crippen LogP contribution < -0.4 is 0 Å². The molecule has 0 saturated carbocycles. The van der Waals surface area contributed by atoms with E-state index < -0.39 is 5.97 Å². The van der Waals surface area contributed by atoms with E-state index in [1.165, 1.54) is 11.8 Å². The third-order valence-electron chi connectivity index (χ3n) is 5.10. The number of hydrogen-bond donors (Lipinski definition) is 1. The molecule has 0 bridgehead atoms. The van der Waals surface area contributed by atoms with Gasteiger partial charge in [-0.3, -0.25) is 14.0 Å². The summed E-state index contributed by atoms with van der Waals surface area (Å²) in [6.45, 7) is 3.05. The molecule has 7 nitrogen and oxygen atoms in total. The number of thioether (sulfide) groups is 1. The Hall–Kier alpha value is -2.61. The quantitative estimate of drug-likeness (QED) is 0.696. The highest BCUT2D eigenvalue weighted by atomic mass is 32.2. The summed E-state index contributed by atoms with van der Waals surface area (Å²) in [5.41, 5.74) is 2.93. The number of pyridine rings is 1. The smallest absolute Gasteiger partial charge is 0.306 e. The van der Waals surface area contributed by atoms with Gasteiger partial charge in [0.25, 0.3) is 0 Å². The molecule has 0 aliphatic carbocycles. The molecule has 0 spiro atoms. The van der Waals surface area contributed by atoms with Gasteiger partial charge < -0.3 is 10.0 Å². The van der Waals surface area contributed by atoms with Gasteiger partial charge in [0.15, 0.2) is 10.8 Å². The lowest BCUT2D eigenvalue weighted by Crippen LogP contribution is -2.41. The van der Waals surface area contributed by atoms with Crippen molar-refractivity contribution in [3.05, 3.63) is 35.9 Å². The van der Waals surface area contributed by atoms with Gasteiger partial charge in [-0.1, -0.05) is 30.0 Å². The maximum Gasteiger partial charge on any atom is 0.306 e. The Morgan fingerprint density at radius 3 is 2.70 bits per heavy atom. The van der Waals surface area contributed by atoms with E-state index in [1.54, 1.807) is 4.90 Å². The molecule has 1 fully saturated rings.